The van der Waals surface area contributed by atoms with E-state index in [0.29, 0.717) is 5.56 Å². The molecular formula is C9H6ClFN2. The van der Waals surface area contributed by atoms with Gasteiger partial charge in [-0.3, -0.25) is 0 Å². The molecule has 1 aromatic rings. The van der Waals surface area contributed by atoms with Crippen molar-refractivity contribution >= 4 is 17.3 Å². The molecule has 0 bridgehead atoms. The van der Waals surface area contributed by atoms with Crippen molar-refractivity contribution in [1.82, 2.24) is 0 Å². The SMILES string of the molecule is N#C/C=C(\N)c1ccc(F)cc1Cl. The van der Waals surface area contributed by atoms with E-state index in [2.05, 4.69) is 0 Å². The molecule has 2 nitrogen and oxygen atoms in total. The molecule has 13 heavy (non-hydrogen) atoms. The summed E-state index contributed by atoms with van der Waals surface area (Å²) in [6.07, 6.45) is 1.15. The molecular weight excluding hydrogens is 191 g/mol. The van der Waals surface area contributed by atoms with E-state index in [0.717, 1.165) is 12.1 Å². The highest BCUT2D eigenvalue weighted by molar-refractivity contribution is 6.32. The van der Waals surface area contributed by atoms with Gasteiger partial charge in [-0.15, -0.1) is 0 Å². The van der Waals surface area contributed by atoms with E-state index in [-0.39, 0.29) is 10.7 Å². The zero-order valence-corrected chi connectivity index (χ0v) is 7.35. The van der Waals surface area contributed by atoms with Crippen molar-refractivity contribution in [3.8, 4) is 6.07 Å². The average Bonchev–Trinajstić information content (AvgIpc) is 2.04. The Morgan fingerprint density at radius 1 is 1.62 bits per heavy atom. The third-order valence-electron chi connectivity index (χ3n) is 1.46. The van der Waals surface area contributed by atoms with Gasteiger partial charge >= 0.3 is 0 Å². The molecule has 0 saturated carbocycles. The van der Waals surface area contributed by atoms with E-state index in [9.17, 15) is 4.39 Å². The van der Waals surface area contributed by atoms with Gasteiger partial charge in [-0.1, -0.05) is 11.6 Å². The summed E-state index contributed by atoms with van der Waals surface area (Å²) in [6.45, 7) is 0. The monoisotopic (exact) mass is 196 g/mol. The van der Waals surface area contributed by atoms with E-state index in [1.54, 1.807) is 6.07 Å². The highest BCUT2D eigenvalue weighted by atomic mass is 35.5. The molecule has 1 rings (SSSR count). The molecule has 4 heteroatoms. The van der Waals surface area contributed by atoms with Gasteiger partial charge in [-0.05, 0) is 18.2 Å². The molecule has 2 N–H and O–H groups in total. The van der Waals surface area contributed by atoms with Gasteiger partial charge in [-0.25, -0.2) is 4.39 Å². The normalized spacial score (nSPS) is 11.0. The van der Waals surface area contributed by atoms with E-state index in [4.69, 9.17) is 22.6 Å². The van der Waals surface area contributed by atoms with Crippen LogP contribution in [0.2, 0.25) is 5.02 Å². The maximum absolute atomic E-state index is 12.6. The molecule has 1 aromatic carbocycles. The van der Waals surface area contributed by atoms with Crippen molar-refractivity contribution in [3.05, 3.63) is 40.7 Å². The number of halogens is 2. The molecule has 0 atom stereocenters. The summed E-state index contributed by atoms with van der Waals surface area (Å²) in [5.74, 6) is -0.432. The lowest BCUT2D eigenvalue weighted by Crippen LogP contribution is -1.96. The van der Waals surface area contributed by atoms with Crippen molar-refractivity contribution in [3.63, 3.8) is 0 Å². The van der Waals surface area contributed by atoms with Gasteiger partial charge in [-0.2, -0.15) is 5.26 Å². The second kappa shape index (κ2) is 3.92. The minimum absolute atomic E-state index is 0.198. The average molecular weight is 197 g/mol. The largest absolute Gasteiger partial charge is 0.398 e. The molecule has 0 amide bonds. The zero-order chi connectivity index (χ0) is 9.84. The van der Waals surface area contributed by atoms with Crippen LogP contribution >= 0.6 is 11.6 Å². The van der Waals surface area contributed by atoms with Gasteiger partial charge in [0.05, 0.1) is 16.8 Å². The van der Waals surface area contributed by atoms with E-state index in [1.807, 2.05) is 0 Å². The number of hydrogen-bond acceptors (Lipinski definition) is 2. The highest BCUT2D eigenvalue weighted by Crippen LogP contribution is 2.21. The number of nitriles is 1. The van der Waals surface area contributed by atoms with Crippen LogP contribution in [0.5, 0.6) is 0 Å². The van der Waals surface area contributed by atoms with Gasteiger partial charge in [0.15, 0.2) is 0 Å². The Kier molecular flexibility index (Phi) is 2.88. The Balaban J connectivity index is 3.18. The fourth-order valence-corrected chi connectivity index (χ4v) is 1.15. The van der Waals surface area contributed by atoms with Crippen molar-refractivity contribution in [2.75, 3.05) is 0 Å². The Hall–Kier alpha value is -1.53. The Morgan fingerprint density at radius 2 is 2.31 bits per heavy atom. The van der Waals surface area contributed by atoms with Crippen LogP contribution in [0.4, 0.5) is 4.39 Å². The number of rotatable bonds is 1. The smallest absolute Gasteiger partial charge is 0.124 e. The topological polar surface area (TPSA) is 49.8 Å². The van der Waals surface area contributed by atoms with Crippen molar-refractivity contribution in [2.45, 2.75) is 0 Å². The third-order valence-corrected chi connectivity index (χ3v) is 1.77. The summed E-state index contributed by atoms with van der Waals surface area (Å²) in [4.78, 5) is 0. The molecule has 0 spiro atoms. The van der Waals surface area contributed by atoms with Crippen LogP contribution in [-0.4, -0.2) is 0 Å². The second-order valence-corrected chi connectivity index (χ2v) is 2.76. The summed E-state index contributed by atoms with van der Waals surface area (Å²) in [6, 6.07) is 5.58. The Labute approximate surface area is 80.0 Å². The number of hydrogen-bond donors (Lipinski definition) is 1. The molecule has 0 heterocycles. The maximum Gasteiger partial charge on any atom is 0.124 e. The van der Waals surface area contributed by atoms with Crippen molar-refractivity contribution in [1.29, 1.82) is 5.26 Å². The second-order valence-electron chi connectivity index (χ2n) is 2.35. The summed E-state index contributed by atoms with van der Waals surface area (Å²) >= 11 is 5.69. The van der Waals surface area contributed by atoms with Gasteiger partial charge in [0.1, 0.15) is 5.82 Å². The molecule has 0 aromatic heterocycles. The highest BCUT2D eigenvalue weighted by Gasteiger charge is 2.03. The van der Waals surface area contributed by atoms with Crippen LogP contribution in [0.1, 0.15) is 5.56 Å². The van der Waals surface area contributed by atoms with Crippen LogP contribution in [0.15, 0.2) is 24.3 Å². The fourth-order valence-electron chi connectivity index (χ4n) is 0.871. The first kappa shape index (κ1) is 9.56. The molecule has 0 aliphatic rings. The lowest BCUT2D eigenvalue weighted by Gasteiger charge is -2.02. The van der Waals surface area contributed by atoms with E-state index >= 15 is 0 Å². The van der Waals surface area contributed by atoms with Crippen LogP contribution in [-0.2, 0) is 0 Å². The molecule has 0 aliphatic heterocycles. The number of nitrogens with zero attached hydrogens (tertiary/aromatic N) is 1. The molecule has 66 valence electrons. The zero-order valence-electron chi connectivity index (χ0n) is 6.59. The summed E-state index contributed by atoms with van der Waals surface area (Å²) < 4.78 is 12.6. The van der Waals surface area contributed by atoms with Crippen LogP contribution in [0.3, 0.4) is 0 Å². The molecule has 0 radical (unpaired) electrons. The first-order chi connectivity index (χ1) is 6.15. The number of allylic oxidation sites excluding steroid dienone is 1. The van der Waals surface area contributed by atoms with E-state index in [1.165, 1.54) is 12.1 Å². The summed E-state index contributed by atoms with van der Waals surface area (Å²) in [5, 5.41) is 8.52. The van der Waals surface area contributed by atoms with Crippen molar-refractivity contribution in [2.24, 2.45) is 5.73 Å². The van der Waals surface area contributed by atoms with Crippen molar-refractivity contribution < 1.29 is 4.39 Å². The first-order valence-corrected chi connectivity index (χ1v) is 3.83. The minimum Gasteiger partial charge on any atom is -0.398 e. The predicted molar refractivity (Wildman–Crippen MR) is 49.2 cm³/mol. The number of benzene rings is 1. The van der Waals surface area contributed by atoms with Crippen LogP contribution in [0, 0.1) is 17.1 Å². The first-order valence-electron chi connectivity index (χ1n) is 3.46. The Bertz CT molecular complexity index is 393. The van der Waals surface area contributed by atoms with Crippen LogP contribution in [0.25, 0.3) is 5.70 Å². The quantitative estimate of drug-likeness (QED) is 0.701. The minimum atomic E-state index is -0.432. The molecule has 0 fully saturated rings. The maximum atomic E-state index is 12.6. The lowest BCUT2D eigenvalue weighted by atomic mass is 10.1. The number of nitrogens with two attached hydrogens (primary N) is 1. The van der Waals surface area contributed by atoms with Gasteiger partial charge in [0, 0.05) is 11.6 Å². The van der Waals surface area contributed by atoms with Gasteiger partial charge < -0.3 is 5.73 Å². The third kappa shape index (κ3) is 2.20. The van der Waals surface area contributed by atoms with Gasteiger partial charge in [0.25, 0.3) is 0 Å². The molecule has 0 saturated heterocycles. The molecule has 0 unspecified atom stereocenters. The Morgan fingerprint density at radius 3 is 2.85 bits per heavy atom. The molecule has 0 aliphatic carbocycles. The fraction of sp³-hybridized carbons (Fsp3) is 0. The summed E-state index contributed by atoms with van der Waals surface area (Å²) in [5.41, 5.74) is 6.18. The summed E-state index contributed by atoms with van der Waals surface area (Å²) in [7, 11) is 0. The van der Waals surface area contributed by atoms with Gasteiger partial charge in [0.2, 0.25) is 0 Å². The lowest BCUT2D eigenvalue weighted by molar-refractivity contribution is 0.628. The van der Waals surface area contributed by atoms with Crippen LogP contribution < -0.4 is 5.73 Å². The predicted octanol–water partition coefficient (Wildman–Crippen LogP) is 2.30. The van der Waals surface area contributed by atoms with E-state index < -0.39 is 5.82 Å². The standard InChI is InChI=1S/C9H6ClFN2/c10-8-5-6(11)1-2-7(8)9(13)3-4-12/h1-3,5H,13H2/b9-3-.